The average Bonchev–Trinajstić information content (AvgIpc) is 3.35. The number of hydrogen-bond donors (Lipinski definition) is 0. The number of aryl methyl sites for hydroxylation is 2. The quantitative estimate of drug-likeness (QED) is 0.308. The Hall–Kier alpha value is -2.24. The topological polar surface area (TPSA) is 43.9 Å². The highest BCUT2D eigenvalue weighted by Gasteiger charge is 2.25. The van der Waals surface area contributed by atoms with Gasteiger partial charge >= 0.3 is 0 Å². The molecule has 0 amide bonds. The van der Waals surface area contributed by atoms with Crippen LogP contribution in [0.1, 0.15) is 54.6 Å². The molecule has 5 rings (SSSR count). The van der Waals surface area contributed by atoms with Crippen LogP contribution in [0.2, 0.25) is 5.02 Å². The summed E-state index contributed by atoms with van der Waals surface area (Å²) in [5.74, 6) is 4.77. The molecule has 166 valence electrons. The third kappa shape index (κ3) is 4.08. The summed E-state index contributed by atoms with van der Waals surface area (Å²) in [6.07, 6.45) is 3.34. The molecule has 1 saturated heterocycles. The summed E-state index contributed by atoms with van der Waals surface area (Å²) in [6.45, 7) is 6.25. The minimum absolute atomic E-state index is 0.306. The predicted octanol–water partition coefficient (Wildman–Crippen LogP) is 7.38. The maximum atomic E-state index is 6.10. The zero-order valence-corrected chi connectivity index (χ0v) is 20.3. The van der Waals surface area contributed by atoms with Gasteiger partial charge < -0.3 is 9.09 Å². The predicted molar refractivity (Wildman–Crippen MR) is 134 cm³/mol. The molecule has 32 heavy (non-hydrogen) atoms. The zero-order chi connectivity index (χ0) is 22.2. The summed E-state index contributed by atoms with van der Waals surface area (Å²) in [6, 6.07) is 15.3. The molecule has 0 aliphatic carbocycles. The van der Waals surface area contributed by atoms with E-state index in [4.69, 9.17) is 21.1 Å². The van der Waals surface area contributed by atoms with Gasteiger partial charge in [0.2, 0.25) is 0 Å². The van der Waals surface area contributed by atoms with E-state index in [1.165, 1.54) is 41.3 Å². The van der Waals surface area contributed by atoms with E-state index in [1.807, 2.05) is 26.0 Å². The molecular formula is C26H28ClN3OS. The van der Waals surface area contributed by atoms with E-state index < -0.39 is 0 Å². The van der Waals surface area contributed by atoms with Gasteiger partial charge in [0.05, 0.1) is 16.7 Å². The lowest BCUT2D eigenvalue weighted by Gasteiger charge is -2.27. The highest BCUT2D eigenvalue weighted by atomic mass is 35.5. The van der Waals surface area contributed by atoms with Gasteiger partial charge in [0.15, 0.2) is 0 Å². The molecule has 1 aliphatic rings. The van der Waals surface area contributed by atoms with Gasteiger partial charge in [0.1, 0.15) is 11.6 Å². The fourth-order valence-corrected chi connectivity index (χ4v) is 6.12. The Labute approximate surface area is 198 Å². The fraction of sp³-hybridized carbons (Fsp3) is 0.385. The first-order valence-electron chi connectivity index (χ1n) is 11.3. The van der Waals surface area contributed by atoms with Crippen molar-refractivity contribution in [3.05, 3.63) is 70.3 Å². The van der Waals surface area contributed by atoms with Crippen LogP contribution in [0.5, 0.6) is 0 Å². The molecular weight excluding hydrogens is 438 g/mol. The Bertz CT molecular complexity index is 1220. The SMILES string of the molecule is Cc1noc(C)c1-c1ccc2c(c1)nc([C@H](C)Cc1ccc(Cl)cc1)n2C1CCSCC1. The van der Waals surface area contributed by atoms with Crippen LogP contribution in [0.4, 0.5) is 0 Å². The van der Waals surface area contributed by atoms with Crippen molar-refractivity contribution in [1.29, 1.82) is 0 Å². The number of nitrogens with zero attached hydrogens (tertiary/aromatic N) is 3. The van der Waals surface area contributed by atoms with E-state index >= 15 is 0 Å². The Balaban J connectivity index is 1.58. The van der Waals surface area contributed by atoms with Crippen LogP contribution < -0.4 is 0 Å². The highest BCUT2D eigenvalue weighted by molar-refractivity contribution is 7.99. The van der Waals surface area contributed by atoms with E-state index in [1.54, 1.807) is 0 Å². The van der Waals surface area contributed by atoms with Crippen molar-refractivity contribution < 1.29 is 4.52 Å². The first kappa shape index (κ1) is 21.6. The van der Waals surface area contributed by atoms with Gasteiger partial charge in [-0.2, -0.15) is 11.8 Å². The zero-order valence-electron chi connectivity index (χ0n) is 18.8. The third-order valence-corrected chi connectivity index (χ3v) is 7.79. The molecule has 0 bridgehead atoms. The smallest absolute Gasteiger partial charge is 0.141 e. The van der Waals surface area contributed by atoms with E-state index in [2.05, 4.69) is 58.7 Å². The van der Waals surface area contributed by atoms with Crippen LogP contribution in [0.15, 0.2) is 47.0 Å². The summed E-state index contributed by atoms with van der Waals surface area (Å²) >= 11 is 8.15. The largest absolute Gasteiger partial charge is 0.361 e. The van der Waals surface area contributed by atoms with Crippen LogP contribution in [-0.4, -0.2) is 26.2 Å². The Morgan fingerprint density at radius 2 is 1.88 bits per heavy atom. The lowest BCUT2D eigenvalue weighted by molar-refractivity contribution is 0.393. The minimum atomic E-state index is 0.306. The van der Waals surface area contributed by atoms with Crippen molar-refractivity contribution in [3.8, 4) is 11.1 Å². The number of hydrogen-bond acceptors (Lipinski definition) is 4. The molecule has 0 saturated carbocycles. The third-order valence-electron chi connectivity index (χ3n) is 6.49. The van der Waals surface area contributed by atoms with Crippen molar-refractivity contribution >= 4 is 34.4 Å². The molecule has 0 spiro atoms. The first-order chi connectivity index (χ1) is 15.5. The number of thioether (sulfide) groups is 1. The van der Waals surface area contributed by atoms with Gasteiger partial charge in [0.25, 0.3) is 0 Å². The minimum Gasteiger partial charge on any atom is -0.361 e. The molecule has 0 radical (unpaired) electrons. The first-order valence-corrected chi connectivity index (χ1v) is 12.8. The molecule has 4 nitrogen and oxygen atoms in total. The standard InChI is InChI=1S/C26H28ClN3OS/c1-16(14-19-4-7-21(27)8-5-19)26-28-23-15-20(25-17(2)29-31-18(25)3)6-9-24(23)30(26)22-10-12-32-13-11-22/h4-9,15-16,22H,10-14H2,1-3H3/t16-/m1/s1. The number of halogens is 1. The molecule has 0 unspecified atom stereocenters. The second-order valence-electron chi connectivity index (χ2n) is 8.82. The van der Waals surface area contributed by atoms with E-state index in [0.717, 1.165) is 39.5 Å². The van der Waals surface area contributed by atoms with Crippen LogP contribution in [-0.2, 0) is 6.42 Å². The van der Waals surface area contributed by atoms with Crippen molar-refractivity contribution in [2.45, 2.75) is 52.0 Å². The second kappa shape index (κ2) is 8.95. The van der Waals surface area contributed by atoms with Gasteiger partial charge in [0, 0.05) is 22.5 Å². The molecule has 2 aromatic carbocycles. The summed E-state index contributed by atoms with van der Waals surface area (Å²) in [4.78, 5) is 5.21. The lowest BCUT2D eigenvalue weighted by atomic mass is 9.99. The number of aromatic nitrogens is 3. The van der Waals surface area contributed by atoms with Gasteiger partial charge in [-0.05, 0) is 80.0 Å². The molecule has 1 fully saturated rings. The average molecular weight is 466 g/mol. The summed E-state index contributed by atoms with van der Waals surface area (Å²) in [5, 5.41) is 4.92. The number of rotatable bonds is 5. The van der Waals surface area contributed by atoms with Crippen molar-refractivity contribution in [1.82, 2.24) is 14.7 Å². The van der Waals surface area contributed by atoms with Crippen molar-refractivity contribution in [2.75, 3.05) is 11.5 Å². The second-order valence-corrected chi connectivity index (χ2v) is 10.5. The number of benzene rings is 2. The van der Waals surface area contributed by atoms with E-state index in [0.29, 0.717) is 12.0 Å². The summed E-state index contributed by atoms with van der Waals surface area (Å²) < 4.78 is 7.95. The lowest BCUT2D eigenvalue weighted by Crippen LogP contribution is -2.19. The van der Waals surface area contributed by atoms with Crippen LogP contribution >= 0.6 is 23.4 Å². The van der Waals surface area contributed by atoms with Crippen molar-refractivity contribution in [3.63, 3.8) is 0 Å². The van der Waals surface area contributed by atoms with Gasteiger partial charge in [-0.15, -0.1) is 0 Å². The fourth-order valence-electron chi connectivity index (χ4n) is 4.91. The molecule has 1 aliphatic heterocycles. The summed E-state index contributed by atoms with van der Waals surface area (Å²) in [7, 11) is 0. The number of fused-ring (bicyclic) bond motifs is 1. The normalized spacial score (nSPS) is 16.0. The molecule has 6 heteroatoms. The van der Waals surface area contributed by atoms with Crippen LogP contribution in [0.25, 0.3) is 22.2 Å². The van der Waals surface area contributed by atoms with Gasteiger partial charge in [-0.3, -0.25) is 0 Å². The monoisotopic (exact) mass is 465 g/mol. The van der Waals surface area contributed by atoms with Crippen LogP contribution in [0.3, 0.4) is 0 Å². The van der Waals surface area contributed by atoms with Crippen LogP contribution in [0, 0.1) is 13.8 Å². The van der Waals surface area contributed by atoms with Gasteiger partial charge in [-0.25, -0.2) is 4.98 Å². The molecule has 3 heterocycles. The van der Waals surface area contributed by atoms with E-state index in [-0.39, 0.29) is 0 Å². The Morgan fingerprint density at radius 1 is 1.12 bits per heavy atom. The molecule has 0 N–H and O–H groups in total. The van der Waals surface area contributed by atoms with Gasteiger partial charge in [-0.1, -0.05) is 41.9 Å². The summed E-state index contributed by atoms with van der Waals surface area (Å²) in [5.41, 5.74) is 6.69. The Kier molecular flexibility index (Phi) is 6.04. The molecule has 1 atom stereocenters. The molecule has 4 aromatic rings. The van der Waals surface area contributed by atoms with E-state index in [9.17, 15) is 0 Å². The Morgan fingerprint density at radius 3 is 2.56 bits per heavy atom. The number of imidazole rings is 1. The maximum Gasteiger partial charge on any atom is 0.141 e. The highest BCUT2D eigenvalue weighted by Crippen LogP contribution is 2.37. The van der Waals surface area contributed by atoms with Crippen molar-refractivity contribution in [2.24, 2.45) is 0 Å². The maximum absolute atomic E-state index is 6.10. The molecule has 2 aromatic heterocycles.